The second-order valence-electron chi connectivity index (χ2n) is 5.37. The Morgan fingerprint density at radius 3 is 2.47 bits per heavy atom. The summed E-state index contributed by atoms with van der Waals surface area (Å²) in [6.07, 6.45) is 6.59. The molecule has 1 saturated carbocycles. The van der Waals surface area contributed by atoms with Gasteiger partial charge in [0.1, 0.15) is 0 Å². The van der Waals surface area contributed by atoms with E-state index in [1.54, 1.807) is 11.8 Å². The van der Waals surface area contributed by atoms with E-state index in [2.05, 4.69) is 10.6 Å². The Morgan fingerprint density at radius 2 is 1.95 bits per heavy atom. The average molecular weight is 288 g/mol. The highest BCUT2D eigenvalue weighted by Crippen LogP contribution is 2.31. The lowest BCUT2D eigenvalue weighted by atomic mass is 9.79. The zero-order valence-corrected chi connectivity index (χ0v) is 12.5. The van der Waals surface area contributed by atoms with Crippen molar-refractivity contribution < 1.29 is 14.7 Å². The van der Waals surface area contributed by atoms with Crippen molar-refractivity contribution in [3.8, 4) is 0 Å². The first kappa shape index (κ1) is 16.1. The number of carboxylic acids is 1. The zero-order valence-electron chi connectivity index (χ0n) is 11.7. The van der Waals surface area contributed by atoms with Crippen LogP contribution in [0.2, 0.25) is 0 Å². The van der Waals surface area contributed by atoms with Crippen molar-refractivity contribution in [3.05, 3.63) is 0 Å². The summed E-state index contributed by atoms with van der Waals surface area (Å²) >= 11 is 1.67. The minimum Gasteiger partial charge on any atom is -0.481 e. The molecule has 110 valence electrons. The number of aliphatic carboxylic acids is 1. The van der Waals surface area contributed by atoms with Crippen LogP contribution in [0.15, 0.2) is 0 Å². The van der Waals surface area contributed by atoms with Gasteiger partial charge in [-0.3, -0.25) is 4.79 Å². The molecular weight excluding hydrogens is 264 g/mol. The Balaban J connectivity index is 2.56. The molecule has 0 heterocycles. The molecule has 2 amide bonds. The molecule has 0 radical (unpaired) electrons. The van der Waals surface area contributed by atoms with E-state index in [9.17, 15) is 9.59 Å². The number of carbonyl (C=O) groups is 2. The van der Waals surface area contributed by atoms with Crippen LogP contribution in [0.25, 0.3) is 0 Å². The lowest BCUT2D eigenvalue weighted by Gasteiger charge is -2.37. The Morgan fingerprint density at radius 1 is 1.32 bits per heavy atom. The summed E-state index contributed by atoms with van der Waals surface area (Å²) in [7, 11) is 0. The highest BCUT2D eigenvalue weighted by Gasteiger charge is 2.35. The monoisotopic (exact) mass is 288 g/mol. The van der Waals surface area contributed by atoms with Crippen LogP contribution in [0.5, 0.6) is 0 Å². The van der Waals surface area contributed by atoms with Crippen LogP contribution in [-0.2, 0) is 4.79 Å². The highest BCUT2D eigenvalue weighted by atomic mass is 32.2. The van der Waals surface area contributed by atoms with E-state index in [-0.39, 0.29) is 18.5 Å². The van der Waals surface area contributed by atoms with Gasteiger partial charge in [0.2, 0.25) is 0 Å². The lowest BCUT2D eigenvalue weighted by molar-refractivity contribution is -0.139. The molecule has 1 atom stereocenters. The summed E-state index contributed by atoms with van der Waals surface area (Å²) in [6.45, 7) is 1.95. The number of rotatable bonds is 6. The third-order valence-corrected chi connectivity index (χ3v) is 4.31. The molecule has 0 bridgehead atoms. The largest absolute Gasteiger partial charge is 0.481 e. The normalized spacial score (nSPS) is 19.5. The molecule has 0 spiro atoms. The number of amides is 2. The molecule has 0 saturated heterocycles. The number of carboxylic acid groups (broad SMARTS) is 1. The molecule has 3 N–H and O–H groups in total. The van der Waals surface area contributed by atoms with Gasteiger partial charge in [-0.15, -0.1) is 0 Å². The van der Waals surface area contributed by atoms with E-state index in [4.69, 9.17) is 5.11 Å². The Kier molecular flexibility index (Phi) is 6.48. The van der Waals surface area contributed by atoms with Gasteiger partial charge in [0.05, 0.1) is 12.0 Å². The van der Waals surface area contributed by atoms with E-state index in [0.29, 0.717) is 0 Å². The third kappa shape index (κ3) is 5.72. The topological polar surface area (TPSA) is 78.4 Å². The third-order valence-electron chi connectivity index (χ3n) is 3.47. The summed E-state index contributed by atoms with van der Waals surface area (Å²) < 4.78 is 0. The van der Waals surface area contributed by atoms with Gasteiger partial charge in [-0.2, -0.15) is 11.8 Å². The highest BCUT2D eigenvalue weighted by molar-refractivity contribution is 7.98. The Labute approximate surface area is 118 Å². The average Bonchev–Trinajstić information content (AvgIpc) is 2.28. The van der Waals surface area contributed by atoms with Gasteiger partial charge >= 0.3 is 12.0 Å². The first-order chi connectivity index (χ1) is 8.97. The van der Waals surface area contributed by atoms with Gasteiger partial charge in [-0.05, 0) is 26.0 Å². The second kappa shape index (κ2) is 7.62. The van der Waals surface area contributed by atoms with Gasteiger partial charge in [0, 0.05) is 11.8 Å². The fourth-order valence-corrected chi connectivity index (χ4v) is 3.24. The van der Waals surface area contributed by atoms with Gasteiger partial charge in [-0.1, -0.05) is 19.3 Å². The van der Waals surface area contributed by atoms with E-state index in [1.165, 1.54) is 0 Å². The minimum absolute atomic E-state index is 0.0112. The number of nitrogens with one attached hydrogen (secondary N) is 2. The number of thioether (sulfide) groups is 1. The van der Waals surface area contributed by atoms with Crippen LogP contribution >= 0.6 is 11.8 Å². The summed E-state index contributed by atoms with van der Waals surface area (Å²) in [5.74, 6) is -0.00123. The van der Waals surface area contributed by atoms with Gasteiger partial charge in [0.15, 0.2) is 0 Å². The molecule has 19 heavy (non-hydrogen) atoms. The maximum Gasteiger partial charge on any atom is 0.315 e. The number of carbonyl (C=O) groups excluding carboxylic acids is 1. The maximum atomic E-state index is 12.0. The van der Waals surface area contributed by atoms with Crippen LogP contribution in [-0.4, -0.2) is 40.7 Å². The Bertz CT molecular complexity index is 317. The van der Waals surface area contributed by atoms with Crippen molar-refractivity contribution in [2.24, 2.45) is 0 Å². The Hall–Kier alpha value is -0.910. The summed E-state index contributed by atoms with van der Waals surface area (Å²) in [6, 6.07) is -0.162. The first-order valence-electron chi connectivity index (χ1n) is 6.77. The quantitative estimate of drug-likeness (QED) is 0.700. The van der Waals surface area contributed by atoms with Crippen LogP contribution in [0.4, 0.5) is 4.79 Å². The summed E-state index contributed by atoms with van der Waals surface area (Å²) in [5, 5.41) is 14.8. The van der Waals surface area contributed by atoms with Crippen molar-refractivity contribution >= 4 is 23.8 Å². The van der Waals surface area contributed by atoms with E-state index >= 15 is 0 Å². The van der Waals surface area contributed by atoms with Crippen molar-refractivity contribution in [1.29, 1.82) is 0 Å². The standard InChI is InChI=1S/C13H24N2O3S/c1-10(9-19-2)14-12(18)15-13(8-11(16)17)6-4-3-5-7-13/h10H,3-9H2,1-2H3,(H,16,17)(H2,14,15,18). The fraction of sp³-hybridized carbons (Fsp3) is 0.846. The van der Waals surface area contributed by atoms with Crippen molar-refractivity contribution in [3.63, 3.8) is 0 Å². The lowest BCUT2D eigenvalue weighted by Crippen LogP contribution is -2.55. The smallest absolute Gasteiger partial charge is 0.315 e. The van der Waals surface area contributed by atoms with Crippen molar-refractivity contribution in [2.45, 2.75) is 57.0 Å². The molecule has 0 aromatic heterocycles. The molecular formula is C13H24N2O3S. The summed E-state index contributed by atoms with van der Waals surface area (Å²) in [5.41, 5.74) is -0.562. The van der Waals surface area contributed by atoms with E-state index in [1.807, 2.05) is 13.2 Å². The second-order valence-corrected chi connectivity index (χ2v) is 6.28. The molecule has 1 aliphatic carbocycles. The van der Waals surface area contributed by atoms with Crippen LogP contribution < -0.4 is 10.6 Å². The van der Waals surface area contributed by atoms with Gasteiger partial charge < -0.3 is 15.7 Å². The SMILES string of the molecule is CSCC(C)NC(=O)NC1(CC(=O)O)CCCCC1. The number of hydrogen-bond acceptors (Lipinski definition) is 3. The number of urea groups is 1. The van der Waals surface area contributed by atoms with Crippen LogP contribution in [0, 0.1) is 0 Å². The maximum absolute atomic E-state index is 12.0. The predicted octanol–water partition coefficient (Wildman–Crippen LogP) is 2.21. The zero-order chi connectivity index (χ0) is 14.3. The first-order valence-corrected chi connectivity index (χ1v) is 8.16. The molecule has 6 heteroatoms. The molecule has 1 aliphatic rings. The minimum atomic E-state index is -0.848. The van der Waals surface area contributed by atoms with Gasteiger partial charge in [0.25, 0.3) is 0 Å². The molecule has 5 nitrogen and oxygen atoms in total. The van der Waals surface area contributed by atoms with Crippen LogP contribution in [0.3, 0.4) is 0 Å². The molecule has 0 aromatic rings. The predicted molar refractivity (Wildman–Crippen MR) is 77.6 cm³/mol. The molecule has 1 rings (SSSR count). The molecule has 0 aromatic carbocycles. The van der Waals surface area contributed by atoms with Gasteiger partial charge in [-0.25, -0.2) is 4.79 Å². The summed E-state index contributed by atoms with van der Waals surface area (Å²) in [4.78, 5) is 23.0. The molecule has 1 unspecified atom stereocenters. The van der Waals surface area contributed by atoms with E-state index in [0.717, 1.165) is 37.9 Å². The fourth-order valence-electron chi connectivity index (χ4n) is 2.66. The van der Waals surface area contributed by atoms with Crippen molar-refractivity contribution in [1.82, 2.24) is 10.6 Å². The molecule has 0 aliphatic heterocycles. The van der Waals surface area contributed by atoms with Crippen molar-refractivity contribution in [2.75, 3.05) is 12.0 Å². The number of hydrogen-bond donors (Lipinski definition) is 3. The molecule has 1 fully saturated rings. The van der Waals surface area contributed by atoms with Crippen LogP contribution in [0.1, 0.15) is 45.4 Å². The van der Waals surface area contributed by atoms with E-state index < -0.39 is 11.5 Å².